The molecule has 0 aliphatic heterocycles. The van der Waals surface area contributed by atoms with Gasteiger partial charge in [0.05, 0.1) is 24.5 Å². The molecule has 0 saturated carbocycles. The van der Waals surface area contributed by atoms with Crippen LogP contribution in [-0.2, 0) is 17.7 Å². The number of hydrogen-bond donors (Lipinski definition) is 2. The molecule has 0 aromatic carbocycles. The van der Waals surface area contributed by atoms with E-state index in [1.54, 1.807) is 6.92 Å². The van der Waals surface area contributed by atoms with Gasteiger partial charge in [-0.05, 0) is 6.42 Å². The zero-order chi connectivity index (χ0) is 14.6. The highest BCUT2D eigenvalue weighted by Gasteiger charge is 2.27. The Morgan fingerprint density at radius 1 is 1.47 bits per heavy atom. The number of halogens is 3. The normalized spacial score (nSPS) is 11.8. The summed E-state index contributed by atoms with van der Waals surface area (Å²) >= 11 is 0. The van der Waals surface area contributed by atoms with Crippen molar-refractivity contribution in [2.45, 2.75) is 26.1 Å². The number of primary amides is 1. The molecule has 0 aliphatic carbocycles. The predicted octanol–water partition coefficient (Wildman–Crippen LogP) is 0.706. The fourth-order valence-corrected chi connectivity index (χ4v) is 1.55. The molecule has 1 heterocycles. The maximum atomic E-state index is 11.9. The van der Waals surface area contributed by atoms with Crippen LogP contribution in [0.5, 0.6) is 0 Å². The van der Waals surface area contributed by atoms with Gasteiger partial charge in [0.2, 0.25) is 0 Å². The minimum atomic E-state index is -4.38. The summed E-state index contributed by atoms with van der Waals surface area (Å²) in [6, 6.07) is 0. The number of carbonyl (C=O) groups is 1. The second-order valence-electron chi connectivity index (χ2n) is 3.82. The van der Waals surface area contributed by atoms with E-state index in [2.05, 4.69) is 9.84 Å². The Morgan fingerprint density at radius 2 is 2.11 bits per heavy atom. The van der Waals surface area contributed by atoms with E-state index in [4.69, 9.17) is 11.5 Å². The third-order valence-corrected chi connectivity index (χ3v) is 2.35. The van der Waals surface area contributed by atoms with Crippen molar-refractivity contribution in [3.05, 3.63) is 11.4 Å². The Hall–Kier alpha value is -1.77. The molecule has 108 valence electrons. The number of ether oxygens (including phenoxy) is 1. The summed E-state index contributed by atoms with van der Waals surface area (Å²) in [6.07, 6.45) is -3.90. The lowest BCUT2D eigenvalue weighted by Gasteiger charge is -2.08. The lowest BCUT2D eigenvalue weighted by molar-refractivity contribution is -0.174. The molecule has 9 heteroatoms. The molecule has 0 spiro atoms. The molecule has 1 aromatic rings. The lowest BCUT2D eigenvalue weighted by atomic mass is 10.2. The summed E-state index contributed by atoms with van der Waals surface area (Å²) in [7, 11) is 0. The number of nitrogens with zero attached hydrogens (tertiary/aromatic N) is 2. The van der Waals surface area contributed by atoms with Gasteiger partial charge < -0.3 is 16.2 Å². The molecule has 1 rings (SSSR count). The SMILES string of the molecule is CCc1nn(CCOCC(F)(F)F)c(C(N)=O)c1N. The highest BCUT2D eigenvalue weighted by Crippen LogP contribution is 2.18. The molecule has 1 aromatic heterocycles. The predicted molar refractivity (Wildman–Crippen MR) is 61.4 cm³/mol. The number of rotatable bonds is 6. The number of hydrogen-bond acceptors (Lipinski definition) is 4. The van der Waals surface area contributed by atoms with E-state index in [1.165, 1.54) is 4.68 Å². The van der Waals surface area contributed by atoms with E-state index in [0.717, 1.165) is 0 Å². The van der Waals surface area contributed by atoms with Crippen LogP contribution >= 0.6 is 0 Å². The molecule has 0 bridgehead atoms. The topological polar surface area (TPSA) is 96.2 Å². The van der Waals surface area contributed by atoms with Gasteiger partial charge in [-0.1, -0.05) is 6.92 Å². The molecule has 0 radical (unpaired) electrons. The van der Waals surface area contributed by atoms with Gasteiger partial charge in [0, 0.05) is 0 Å². The van der Waals surface area contributed by atoms with Gasteiger partial charge in [0.25, 0.3) is 5.91 Å². The number of amides is 1. The minimum Gasteiger partial charge on any atom is -0.395 e. The van der Waals surface area contributed by atoms with Gasteiger partial charge in [-0.15, -0.1) is 0 Å². The van der Waals surface area contributed by atoms with E-state index >= 15 is 0 Å². The average molecular weight is 280 g/mol. The van der Waals surface area contributed by atoms with Crippen molar-refractivity contribution in [3.63, 3.8) is 0 Å². The van der Waals surface area contributed by atoms with Gasteiger partial charge in [-0.25, -0.2) is 0 Å². The van der Waals surface area contributed by atoms with Crippen LogP contribution in [0.3, 0.4) is 0 Å². The molecular weight excluding hydrogens is 265 g/mol. The smallest absolute Gasteiger partial charge is 0.395 e. The number of alkyl halides is 3. The first-order valence-corrected chi connectivity index (χ1v) is 5.55. The Kier molecular flexibility index (Phi) is 4.76. The monoisotopic (exact) mass is 280 g/mol. The van der Waals surface area contributed by atoms with Crippen LogP contribution in [0.4, 0.5) is 18.9 Å². The van der Waals surface area contributed by atoms with E-state index in [0.29, 0.717) is 12.1 Å². The third kappa shape index (κ3) is 4.12. The Bertz CT molecular complexity index is 456. The molecule has 0 unspecified atom stereocenters. The molecule has 0 saturated heterocycles. The van der Waals surface area contributed by atoms with Crippen molar-refractivity contribution >= 4 is 11.6 Å². The maximum absolute atomic E-state index is 11.9. The van der Waals surface area contributed by atoms with Gasteiger partial charge in [0.15, 0.2) is 0 Å². The zero-order valence-corrected chi connectivity index (χ0v) is 10.3. The lowest BCUT2D eigenvalue weighted by Crippen LogP contribution is -2.23. The summed E-state index contributed by atoms with van der Waals surface area (Å²) in [5, 5.41) is 4.01. The van der Waals surface area contributed by atoms with Crippen LogP contribution in [0, 0.1) is 0 Å². The molecule has 4 N–H and O–H groups in total. The first-order chi connectivity index (χ1) is 8.76. The molecule has 6 nitrogen and oxygen atoms in total. The van der Waals surface area contributed by atoms with Crippen LogP contribution in [0.1, 0.15) is 23.1 Å². The third-order valence-electron chi connectivity index (χ3n) is 2.35. The molecule has 0 atom stereocenters. The van der Waals surface area contributed by atoms with Crippen molar-refractivity contribution in [1.29, 1.82) is 0 Å². The van der Waals surface area contributed by atoms with E-state index in [-0.39, 0.29) is 24.5 Å². The standard InChI is InChI=1S/C10H15F3N4O2/c1-2-6-7(14)8(9(15)18)17(16-6)3-4-19-5-10(11,12)13/h2-5,14H2,1H3,(H2,15,18). The van der Waals surface area contributed by atoms with Crippen LogP contribution < -0.4 is 11.5 Å². The first-order valence-electron chi connectivity index (χ1n) is 5.55. The van der Waals surface area contributed by atoms with Crippen molar-refractivity contribution in [1.82, 2.24) is 9.78 Å². The summed E-state index contributed by atoms with van der Waals surface area (Å²) in [5.41, 5.74) is 11.5. The molecule has 0 aliphatic rings. The molecule has 19 heavy (non-hydrogen) atoms. The summed E-state index contributed by atoms with van der Waals surface area (Å²) in [6.45, 7) is 0.160. The molecule has 1 amide bonds. The van der Waals surface area contributed by atoms with E-state index in [1.807, 2.05) is 0 Å². The van der Waals surface area contributed by atoms with Gasteiger partial charge in [0.1, 0.15) is 12.3 Å². The largest absolute Gasteiger partial charge is 0.411 e. The Balaban J connectivity index is 2.70. The van der Waals surface area contributed by atoms with Gasteiger partial charge in [-0.2, -0.15) is 18.3 Å². The number of nitrogens with two attached hydrogens (primary N) is 2. The second kappa shape index (κ2) is 5.91. The highest BCUT2D eigenvalue weighted by atomic mass is 19.4. The van der Waals surface area contributed by atoms with Crippen molar-refractivity contribution in [2.24, 2.45) is 5.73 Å². The van der Waals surface area contributed by atoms with Gasteiger partial charge in [-0.3, -0.25) is 9.48 Å². The fraction of sp³-hybridized carbons (Fsp3) is 0.600. The quantitative estimate of drug-likeness (QED) is 0.750. The summed E-state index contributed by atoms with van der Waals surface area (Å²) < 4.78 is 41.2. The van der Waals surface area contributed by atoms with Crippen LogP contribution in [0.15, 0.2) is 0 Å². The van der Waals surface area contributed by atoms with E-state index in [9.17, 15) is 18.0 Å². The van der Waals surface area contributed by atoms with Crippen molar-refractivity contribution in [3.8, 4) is 0 Å². The van der Waals surface area contributed by atoms with Crippen LogP contribution in [-0.4, -0.2) is 35.1 Å². The Labute approximate surface area is 107 Å². The van der Waals surface area contributed by atoms with E-state index < -0.39 is 18.7 Å². The van der Waals surface area contributed by atoms with Gasteiger partial charge >= 0.3 is 6.18 Å². The Morgan fingerprint density at radius 3 is 2.58 bits per heavy atom. The summed E-state index contributed by atoms with van der Waals surface area (Å²) in [5.74, 6) is -0.777. The first kappa shape index (κ1) is 15.3. The minimum absolute atomic E-state index is 0.00698. The van der Waals surface area contributed by atoms with Crippen molar-refractivity contribution < 1.29 is 22.7 Å². The van der Waals surface area contributed by atoms with Crippen molar-refractivity contribution in [2.75, 3.05) is 18.9 Å². The number of aryl methyl sites for hydroxylation is 1. The zero-order valence-electron chi connectivity index (χ0n) is 10.3. The number of anilines is 1. The number of nitrogen functional groups attached to an aromatic ring is 1. The number of aromatic nitrogens is 2. The average Bonchev–Trinajstić information content (AvgIpc) is 2.60. The van der Waals surface area contributed by atoms with Crippen LogP contribution in [0.25, 0.3) is 0 Å². The fourth-order valence-electron chi connectivity index (χ4n) is 1.55. The molecule has 0 fully saturated rings. The molecular formula is C10H15F3N4O2. The maximum Gasteiger partial charge on any atom is 0.411 e. The highest BCUT2D eigenvalue weighted by molar-refractivity contribution is 5.96. The summed E-state index contributed by atoms with van der Waals surface area (Å²) in [4.78, 5) is 11.2. The van der Waals surface area contributed by atoms with Crippen LogP contribution in [0.2, 0.25) is 0 Å². The number of carbonyl (C=O) groups excluding carboxylic acids is 1. The second-order valence-corrected chi connectivity index (χ2v) is 3.82.